The van der Waals surface area contributed by atoms with E-state index in [-0.39, 0.29) is 5.91 Å². The molecule has 28 heavy (non-hydrogen) atoms. The molecule has 1 N–H and O–H groups in total. The molecule has 138 valence electrons. The number of hydrogen-bond acceptors (Lipinski definition) is 4. The number of hydrogen-bond donors (Lipinski definition) is 1. The zero-order chi connectivity index (χ0) is 19.3. The normalized spacial score (nSPS) is 10.5. The molecule has 4 rings (SSSR count). The third-order valence-electron chi connectivity index (χ3n) is 3.97. The highest BCUT2D eigenvalue weighted by Gasteiger charge is 2.09. The van der Waals surface area contributed by atoms with Gasteiger partial charge in [0.2, 0.25) is 0 Å². The van der Waals surface area contributed by atoms with Gasteiger partial charge in [-0.1, -0.05) is 11.6 Å². The highest BCUT2D eigenvalue weighted by molar-refractivity contribution is 6.32. The van der Waals surface area contributed by atoms with Gasteiger partial charge >= 0.3 is 0 Å². The van der Waals surface area contributed by atoms with Gasteiger partial charge in [-0.15, -0.1) is 0 Å². The van der Waals surface area contributed by atoms with Crippen LogP contribution in [0.5, 0.6) is 11.5 Å². The van der Waals surface area contributed by atoms with Crippen molar-refractivity contribution in [3.8, 4) is 17.2 Å². The van der Waals surface area contributed by atoms with Crippen molar-refractivity contribution in [1.82, 2.24) is 14.5 Å². The highest BCUT2D eigenvalue weighted by Crippen LogP contribution is 2.25. The first-order valence-electron chi connectivity index (χ1n) is 8.46. The van der Waals surface area contributed by atoms with Crippen LogP contribution in [-0.4, -0.2) is 20.4 Å². The van der Waals surface area contributed by atoms with Gasteiger partial charge < -0.3 is 14.6 Å². The van der Waals surface area contributed by atoms with E-state index in [1.54, 1.807) is 78.1 Å². The third-order valence-corrected chi connectivity index (χ3v) is 4.28. The number of pyridine rings is 1. The molecular formula is C21H15ClN4O2. The standard InChI is InChI=1S/C21H15ClN4O2/c22-19-12-16(5-8-20(19)26-11-10-24-14-26)25-21(27)15-3-6-17(7-4-15)28-18-2-1-9-23-13-18/h1-14H,(H,25,27). The van der Waals surface area contributed by atoms with Crippen molar-refractivity contribution in [2.75, 3.05) is 5.32 Å². The monoisotopic (exact) mass is 390 g/mol. The van der Waals surface area contributed by atoms with Gasteiger partial charge in [0, 0.05) is 29.8 Å². The fraction of sp³-hybridized carbons (Fsp3) is 0. The minimum atomic E-state index is -0.237. The summed E-state index contributed by atoms with van der Waals surface area (Å²) in [5.41, 5.74) is 1.90. The van der Waals surface area contributed by atoms with Crippen LogP contribution in [0.25, 0.3) is 5.69 Å². The Bertz CT molecular complexity index is 1080. The van der Waals surface area contributed by atoms with E-state index in [9.17, 15) is 4.79 Å². The summed E-state index contributed by atoms with van der Waals surface area (Å²) >= 11 is 6.33. The second-order valence-electron chi connectivity index (χ2n) is 5.91. The van der Waals surface area contributed by atoms with E-state index in [0.29, 0.717) is 27.8 Å². The van der Waals surface area contributed by atoms with E-state index in [0.717, 1.165) is 5.69 Å². The highest BCUT2D eigenvalue weighted by atomic mass is 35.5. The lowest BCUT2D eigenvalue weighted by Crippen LogP contribution is -2.11. The maximum Gasteiger partial charge on any atom is 0.255 e. The van der Waals surface area contributed by atoms with Crippen LogP contribution in [0, 0.1) is 0 Å². The molecule has 0 saturated heterocycles. The molecule has 0 aliphatic carbocycles. The quantitative estimate of drug-likeness (QED) is 0.522. The Morgan fingerprint density at radius 3 is 2.54 bits per heavy atom. The number of nitrogens with zero attached hydrogens (tertiary/aromatic N) is 3. The zero-order valence-electron chi connectivity index (χ0n) is 14.6. The minimum Gasteiger partial charge on any atom is -0.456 e. The topological polar surface area (TPSA) is 69.0 Å². The summed E-state index contributed by atoms with van der Waals surface area (Å²) in [5.74, 6) is 1.02. The minimum absolute atomic E-state index is 0.237. The van der Waals surface area contributed by atoms with Crippen LogP contribution in [0.4, 0.5) is 5.69 Å². The Morgan fingerprint density at radius 1 is 1.00 bits per heavy atom. The molecule has 0 unspecified atom stereocenters. The van der Waals surface area contributed by atoms with Crippen LogP contribution >= 0.6 is 11.6 Å². The summed E-state index contributed by atoms with van der Waals surface area (Å²) in [4.78, 5) is 20.5. The van der Waals surface area contributed by atoms with E-state index in [1.165, 1.54) is 0 Å². The second-order valence-corrected chi connectivity index (χ2v) is 6.31. The summed E-state index contributed by atoms with van der Waals surface area (Å²) in [6.45, 7) is 0. The van der Waals surface area contributed by atoms with Gasteiger partial charge in [-0.3, -0.25) is 9.78 Å². The number of anilines is 1. The van der Waals surface area contributed by atoms with Crippen LogP contribution in [0.2, 0.25) is 5.02 Å². The number of rotatable bonds is 5. The van der Waals surface area contributed by atoms with Crippen molar-refractivity contribution >= 4 is 23.2 Å². The van der Waals surface area contributed by atoms with Gasteiger partial charge in [0.25, 0.3) is 5.91 Å². The number of nitrogens with one attached hydrogen (secondary N) is 1. The SMILES string of the molecule is O=C(Nc1ccc(-n2ccnc2)c(Cl)c1)c1ccc(Oc2cccnc2)cc1. The van der Waals surface area contributed by atoms with Crippen LogP contribution in [0.1, 0.15) is 10.4 Å². The van der Waals surface area contributed by atoms with E-state index in [1.807, 2.05) is 12.1 Å². The number of ether oxygens (including phenoxy) is 1. The average molecular weight is 391 g/mol. The van der Waals surface area contributed by atoms with E-state index in [4.69, 9.17) is 16.3 Å². The first-order chi connectivity index (χ1) is 13.7. The summed E-state index contributed by atoms with van der Waals surface area (Å²) in [6.07, 6.45) is 8.43. The molecule has 7 heteroatoms. The lowest BCUT2D eigenvalue weighted by molar-refractivity contribution is 0.102. The van der Waals surface area contributed by atoms with E-state index >= 15 is 0 Å². The Labute approximate surface area is 166 Å². The average Bonchev–Trinajstić information content (AvgIpc) is 3.24. The van der Waals surface area contributed by atoms with Crippen LogP contribution in [-0.2, 0) is 0 Å². The molecule has 2 aromatic heterocycles. The largest absolute Gasteiger partial charge is 0.456 e. The molecule has 0 fully saturated rings. The molecule has 0 spiro atoms. The number of aromatic nitrogens is 3. The van der Waals surface area contributed by atoms with E-state index in [2.05, 4.69) is 15.3 Å². The number of carbonyl (C=O) groups is 1. The fourth-order valence-electron chi connectivity index (χ4n) is 2.62. The predicted octanol–water partition coefficient (Wildman–Crippen LogP) is 4.97. The summed E-state index contributed by atoms with van der Waals surface area (Å²) in [5, 5.41) is 3.35. The molecule has 2 aromatic carbocycles. The lowest BCUT2D eigenvalue weighted by Gasteiger charge is -2.10. The molecular weight excluding hydrogens is 376 g/mol. The molecule has 0 saturated carbocycles. The summed E-state index contributed by atoms with van der Waals surface area (Å²) < 4.78 is 7.48. The first kappa shape index (κ1) is 17.8. The van der Waals surface area contributed by atoms with E-state index < -0.39 is 0 Å². The summed E-state index contributed by atoms with van der Waals surface area (Å²) in [6, 6.07) is 15.8. The van der Waals surface area contributed by atoms with Gasteiger partial charge in [0.05, 0.1) is 23.2 Å². The number of amides is 1. The third kappa shape index (κ3) is 4.02. The maximum atomic E-state index is 12.5. The first-order valence-corrected chi connectivity index (χ1v) is 8.84. The predicted molar refractivity (Wildman–Crippen MR) is 107 cm³/mol. The van der Waals surface area contributed by atoms with Gasteiger partial charge in [0.15, 0.2) is 0 Å². The van der Waals surface area contributed by atoms with Gasteiger partial charge in [-0.2, -0.15) is 0 Å². The zero-order valence-corrected chi connectivity index (χ0v) is 15.4. The van der Waals surface area contributed by atoms with Crippen molar-refractivity contribution in [1.29, 1.82) is 0 Å². The van der Waals surface area contributed by atoms with Crippen LogP contribution < -0.4 is 10.1 Å². The molecule has 0 aliphatic rings. The Kier molecular flexibility index (Phi) is 5.03. The van der Waals surface area contributed by atoms with Crippen molar-refractivity contribution in [2.45, 2.75) is 0 Å². The van der Waals surface area contributed by atoms with Gasteiger partial charge in [-0.25, -0.2) is 4.98 Å². The van der Waals surface area contributed by atoms with Crippen molar-refractivity contribution in [3.63, 3.8) is 0 Å². The lowest BCUT2D eigenvalue weighted by atomic mass is 10.2. The van der Waals surface area contributed by atoms with Gasteiger partial charge in [-0.05, 0) is 54.6 Å². The molecule has 0 bridgehead atoms. The Morgan fingerprint density at radius 2 is 1.86 bits per heavy atom. The number of benzene rings is 2. The van der Waals surface area contributed by atoms with Crippen LogP contribution in [0.3, 0.4) is 0 Å². The summed E-state index contributed by atoms with van der Waals surface area (Å²) in [7, 11) is 0. The fourth-order valence-corrected chi connectivity index (χ4v) is 2.89. The molecule has 1 amide bonds. The van der Waals surface area contributed by atoms with Crippen LogP contribution in [0.15, 0.2) is 85.7 Å². The molecule has 4 aromatic rings. The number of carbonyl (C=O) groups excluding carboxylic acids is 1. The van der Waals surface area contributed by atoms with Crippen molar-refractivity contribution in [2.24, 2.45) is 0 Å². The Hall–Kier alpha value is -3.64. The van der Waals surface area contributed by atoms with Crippen molar-refractivity contribution < 1.29 is 9.53 Å². The smallest absolute Gasteiger partial charge is 0.255 e. The molecule has 6 nitrogen and oxygen atoms in total. The molecule has 0 radical (unpaired) electrons. The van der Waals surface area contributed by atoms with Gasteiger partial charge in [0.1, 0.15) is 11.5 Å². The number of imidazole rings is 1. The number of halogens is 1. The van der Waals surface area contributed by atoms with Crippen molar-refractivity contribution in [3.05, 3.63) is 96.3 Å². The molecule has 0 aliphatic heterocycles. The molecule has 0 atom stereocenters. The Balaban J connectivity index is 1.44. The molecule has 2 heterocycles. The second kappa shape index (κ2) is 7.94. The maximum absolute atomic E-state index is 12.5.